The topological polar surface area (TPSA) is 85.9 Å². The fourth-order valence-corrected chi connectivity index (χ4v) is 5.18. The van der Waals surface area contributed by atoms with Crippen molar-refractivity contribution in [1.29, 1.82) is 0 Å². The third-order valence-corrected chi connectivity index (χ3v) is 7.26. The number of rotatable bonds is 8. The average Bonchev–Trinajstić information content (AvgIpc) is 3.65. The SMILES string of the molecule is Cc1cn(-c2cc(CC(=O)Cc3ccc(F)c(Cc4ncccc4-c4ncnc5c4N=CC5)c3F)cc(C(F)(F)F)c2)cn1. The van der Waals surface area contributed by atoms with Gasteiger partial charge in [0.2, 0.25) is 0 Å². The molecular formula is C32H23F5N6O. The van der Waals surface area contributed by atoms with Crippen LogP contribution in [0, 0.1) is 18.6 Å². The van der Waals surface area contributed by atoms with Crippen LogP contribution in [0.25, 0.3) is 16.9 Å². The van der Waals surface area contributed by atoms with E-state index in [-0.39, 0.29) is 35.2 Å². The largest absolute Gasteiger partial charge is 0.416 e. The molecule has 2 aromatic carbocycles. The summed E-state index contributed by atoms with van der Waals surface area (Å²) < 4.78 is 73.1. The molecule has 0 unspecified atom stereocenters. The third kappa shape index (κ3) is 5.87. The zero-order valence-corrected chi connectivity index (χ0v) is 23.2. The van der Waals surface area contributed by atoms with Gasteiger partial charge in [0, 0.05) is 61.1 Å². The summed E-state index contributed by atoms with van der Waals surface area (Å²) in [4.78, 5) is 34.4. The lowest BCUT2D eigenvalue weighted by molar-refractivity contribution is -0.137. The zero-order valence-electron chi connectivity index (χ0n) is 23.2. The molecule has 0 amide bonds. The van der Waals surface area contributed by atoms with Crippen LogP contribution in [0.2, 0.25) is 0 Å². The van der Waals surface area contributed by atoms with Crippen LogP contribution in [-0.4, -0.2) is 36.5 Å². The minimum Gasteiger partial charge on any atom is -0.306 e. The summed E-state index contributed by atoms with van der Waals surface area (Å²) in [6.07, 6.45) is 2.38. The van der Waals surface area contributed by atoms with Gasteiger partial charge in [-0.2, -0.15) is 13.2 Å². The van der Waals surface area contributed by atoms with Gasteiger partial charge in [0.25, 0.3) is 0 Å². The molecule has 6 rings (SSSR count). The highest BCUT2D eigenvalue weighted by atomic mass is 19.4. The molecule has 0 fully saturated rings. The van der Waals surface area contributed by atoms with Gasteiger partial charge in [0.15, 0.2) is 0 Å². The zero-order chi connectivity index (χ0) is 31.0. The van der Waals surface area contributed by atoms with Crippen molar-refractivity contribution in [2.45, 2.75) is 38.8 Å². The summed E-state index contributed by atoms with van der Waals surface area (Å²) in [5.41, 5.74) is 2.29. The molecule has 0 atom stereocenters. The van der Waals surface area contributed by atoms with Crippen LogP contribution in [0.4, 0.5) is 27.6 Å². The standard InChI is InChI=1S/C32H23F5N6O/c1-18-15-43(17-42-18)22-10-19(9-21(13-22)32(35,36)37)11-23(44)12-20-4-5-26(33)25(29(20)34)14-28-24(3-2-7-38-28)30-31-27(6-8-39-31)40-16-41-30/h2-5,7-10,13,15-17H,6,11-12,14H2,1H3. The van der Waals surface area contributed by atoms with Crippen molar-refractivity contribution in [2.75, 3.05) is 0 Å². The molecule has 0 radical (unpaired) electrons. The highest BCUT2D eigenvalue weighted by Crippen LogP contribution is 2.36. The van der Waals surface area contributed by atoms with Crippen molar-refractivity contribution >= 4 is 17.7 Å². The van der Waals surface area contributed by atoms with Crippen LogP contribution in [0.15, 0.2) is 72.5 Å². The van der Waals surface area contributed by atoms with E-state index in [4.69, 9.17) is 0 Å². The van der Waals surface area contributed by atoms with Gasteiger partial charge in [-0.25, -0.2) is 23.7 Å². The van der Waals surface area contributed by atoms with E-state index < -0.39 is 35.6 Å². The van der Waals surface area contributed by atoms with Crippen LogP contribution < -0.4 is 0 Å². The summed E-state index contributed by atoms with van der Waals surface area (Å²) >= 11 is 0. The Morgan fingerprint density at radius 1 is 1.00 bits per heavy atom. The van der Waals surface area contributed by atoms with Crippen molar-refractivity contribution in [2.24, 2.45) is 4.99 Å². The molecule has 3 aromatic heterocycles. The van der Waals surface area contributed by atoms with Crippen LogP contribution in [-0.2, 0) is 36.7 Å². The Bertz CT molecular complexity index is 1930. The Morgan fingerprint density at radius 3 is 2.61 bits per heavy atom. The Kier molecular flexibility index (Phi) is 7.58. The number of aromatic nitrogens is 5. The van der Waals surface area contributed by atoms with Crippen molar-refractivity contribution in [3.63, 3.8) is 0 Å². The quantitative estimate of drug-likeness (QED) is 0.189. The fraction of sp³-hybridized carbons (Fsp3) is 0.188. The lowest BCUT2D eigenvalue weighted by Gasteiger charge is -2.14. The molecule has 44 heavy (non-hydrogen) atoms. The number of aryl methyl sites for hydroxylation is 1. The van der Waals surface area contributed by atoms with Gasteiger partial charge in [-0.05, 0) is 54.4 Å². The van der Waals surface area contributed by atoms with Gasteiger partial charge in [-0.1, -0.05) is 6.07 Å². The second-order valence-corrected chi connectivity index (χ2v) is 10.4. The minimum absolute atomic E-state index is 0.0751. The van der Waals surface area contributed by atoms with E-state index in [1.807, 2.05) is 0 Å². The molecule has 0 N–H and O–H groups in total. The summed E-state index contributed by atoms with van der Waals surface area (Å²) in [6.45, 7) is 1.70. The van der Waals surface area contributed by atoms with E-state index in [0.717, 1.165) is 23.9 Å². The summed E-state index contributed by atoms with van der Waals surface area (Å²) in [6, 6.07) is 8.97. The van der Waals surface area contributed by atoms with Crippen molar-refractivity contribution in [3.8, 4) is 16.9 Å². The number of alkyl halides is 3. The number of hydrogen-bond donors (Lipinski definition) is 0. The highest BCUT2D eigenvalue weighted by Gasteiger charge is 2.31. The van der Waals surface area contributed by atoms with Crippen molar-refractivity contribution < 1.29 is 26.7 Å². The number of pyridine rings is 1. The maximum atomic E-state index is 15.8. The molecule has 1 aliphatic rings. The average molecular weight is 603 g/mol. The summed E-state index contributed by atoms with van der Waals surface area (Å²) in [7, 11) is 0. The maximum Gasteiger partial charge on any atom is 0.416 e. The van der Waals surface area contributed by atoms with Crippen LogP contribution in [0.1, 0.15) is 39.3 Å². The second-order valence-electron chi connectivity index (χ2n) is 10.4. The van der Waals surface area contributed by atoms with Gasteiger partial charge in [0.1, 0.15) is 35.1 Å². The summed E-state index contributed by atoms with van der Waals surface area (Å²) in [5.74, 6) is -2.28. The molecule has 12 heteroatoms. The smallest absolute Gasteiger partial charge is 0.306 e. The fourth-order valence-electron chi connectivity index (χ4n) is 5.18. The number of carbonyl (C=O) groups excluding carboxylic acids is 1. The molecule has 5 aromatic rings. The first kappa shape index (κ1) is 29.0. The number of imidazole rings is 1. The number of benzene rings is 2. The van der Waals surface area contributed by atoms with E-state index in [1.54, 1.807) is 31.5 Å². The molecule has 222 valence electrons. The molecule has 4 heterocycles. The van der Waals surface area contributed by atoms with Crippen LogP contribution in [0.5, 0.6) is 0 Å². The van der Waals surface area contributed by atoms with Crippen LogP contribution >= 0.6 is 0 Å². The minimum atomic E-state index is -4.65. The first-order valence-corrected chi connectivity index (χ1v) is 13.6. The normalized spacial score (nSPS) is 12.5. The van der Waals surface area contributed by atoms with Crippen molar-refractivity contribution in [1.82, 2.24) is 24.5 Å². The van der Waals surface area contributed by atoms with E-state index in [0.29, 0.717) is 34.8 Å². The molecule has 7 nitrogen and oxygen atoms in total. The molecule has 0 aliphatic carbocycles. The third-order valence-electron chi connectivity index (χ3n) is 7.26. The van der Waals surface area contributed by atoms with E-state index in [2.05, 4.69) is 24.9 Å². The Morgan fingerprint density at radius 2 is 1.84 bits per heavy atom. The Hall–Kier alpha value is -5.13. The van der Waals surface area contributed by atoms with Gasteiger partial charge in [-0.15, -0.1) is 0 Å². The monoisotopic (exact) mass is 602 g/mol. The lowest BCUT2D eigenvalue weighted by Crippen LogP contribution is -2.12. The number of nitrogens with zero attached hydrogens (tertiary/aromatic N) is 6. The van der Waals surface area contributed by atoms with Gasteiger partial charge in [0.05, 0.1) is 29.0 Å². The summed E-state index contributed by atoms with van der Waals surface area (Å²) in [5, 5.41) is 0. The van der Waals surface area contributed by atoms with Gasteiger partial charge in [-0.3, -0.25) is 14.8 Å². The Balaban J connectivity index is 1.27. The number of carbonyl (C=O) groups is 1. The molecule has 0 spiro atoms. The number of fused-ring (bicyclic) bond motifs is 1. The predicted octanol–water partition coefficient (Wildman–Crippen LogP) is 6.53. The maximum absolute atomic E-state index is 15.8. The predicted molar refractivity (Wildman–Crippen MR) is 152 cm³/mol. The highest BCUT2D eigenvalue weighted by molar-refractivity contribution is 5.85. The number of hydrogen-bond acceptors (Lipinski definition) is 6. The van der Waals surface area contributed by atoms with E-state index >= 15 is 8.78 Å². The van der Waals surface area contributed by atoms with E-state index in [1.165, 1.54) is 35.6 Å². The number of Topliss-reactive ketones (excluding diaryl/α,β-unsaturated/α-hetero) is 1. The van der Waals surface area contributed by atoms with E-state index in [9.17, 15) is 18.0 Å². The Labute approximate surface area is 248 Å². The van der Waals surface area contributed by atoms with Gasteiger partial charge >= 0.3 is 6.18 Å². The van der Waals surface area contributed by atoms with Crippen molar-refractivity contribution in [3.05, 3.63) is 118 Å². The molecule has 1 aliphatic heterocycles. The lowest BCUT2D eigenvalue weighted by atomic mass is 9.96. The first-order valence-electron chi connectivity index (χ1n) is 13.6. The molecular weight excluding hydrogens is 579 g/mol. The number of ketones is 1. The number of halogens is 5. The second kappa shape index (κ2) is 11.5. The van der Waals surface area contributed by atoms with Crippen LogP contribution in [0.3, 0.4) is 0 Å². The number of aliphatic imine (C=N–C) groups is 1. The van der Waals surface area contributed by atoms with Gasteiger partial charge < -0.3 is 4.57 Å². The molecule has 0 bridgehead atoms. The molecule has 0 saturated heterocycles. The molecule has 0 saturated carbocycles. The first-order chi connectivity index (χ1) is 21.1.